The molecule has 2 aromatic carbocycles. The SMILES string of the molecule is Cc1ccc(NC(=O)C2CCN(c3ccc4c(c3)OCO4)C2=O)cc1C. The summed E-state index contributed by atoms with van der Waals surface area (Å²) in [5.41, 5.74) is 3.70. The number of anilines is 2. The number of hydrogen-bond acceptors (Lipinski definition) is 4. The topological polar surface area (TPSA) is 67.9 Å². The van der Waals surface area contributed by atoms with Gasteiger partial charge in [-0.05, 0) is 55.7 Å². The lowest BCUT2D eigenvalue weighted by Crippen LogP contribution is -2.33. The number of carbonyl (C=O) groups excluding carboxylic acids is 2. The van der Waals surface area contributed by atoms with E-state index in [0.29, 0.717) is 30.2 Å². The molecule has 2 aromatic rings. The van der Waals surface area contributed by atoms with Crippen LogP contribution in [0, 0.1) is 19.8 Å². The number of fused-ring (bicyclic) bond motifs is 1. The molecule has 0 saturated carbocycles. The maximum absolute atomic E-state index is 12.8. The van der Waals surface area contributed by atoms with E-state index in [1.165, 1.54) is 0 Å². The lowest BCUT2D eigenvalue weighted by molar-refractivity contribution is -0.129. The molecule has 2 amide bonds. The molecule has 26 heavy (non-hydrogen) atoms. The Morgan fingerprint density at radius 1 is 1.08 bits per heavy atom. The summed E-state index contributed by atoms with van der Waals surface area (Å²) in [6.45, 7) is 4.70. The van der Waals surface area contributed by atoms with Crippen LogP contribution in [0.2, 0.25) is 0 Å². The number of nitrogens with one attached hydrogen (secondary N) is 1. The van der Waals surface area contributed by atoms with Crippen molar-refractivity contribution in [2.24, 2.45) is 5.92 Å². The third kappa shape index (κ3) is 2.87. The van der Waals surface area contributed by atoms with Crippen LogP contribution >= 0.6 is 0 Å². The van der Waals surface area contributed by atoms with Crippen LogP contribution in [0.5, 0.6) is 11.5 Å². The Balaban J connectivity index is 1.48. The molecule has 0 aromatic heterocycles. The smallest absolute Gasteiger partial charge is 0.239 e. The van der Waals surface area contributed by atoms with Crippen molar-refractivity contribution in [1.82, 2.24) is 0 Å². The van der Waals surface area contributed by atoms with Gasteiger partial charge in [0.1, 0.15) is 5.92 Å². The van der Waals surface area contributed by atoms with E-state index in [4.69, 9.17) is 9.47 Å². The Hall–Kier alpha value is -3.02. The predicted molar refractivity (Wildman–Crippen MR) is 97.6 cm³/mol. The zero-order valence-electron chi connectivity index (χ0n) is 14.7. The van der Waals surface area contributed by atoms with Gasteiger partial charge in [-0.2, -0.15) is 0 Å². The van der Waals surface area contributed by atoms with Crippen molar-refractivity contribution in [1.29, 1.82) is 0 Å². The van der Waals surface area contributed by atoms with E-state index in [-0.39, 0.29) is 18.6 Å². The number of carbonyl (C=O) groups is 2. The van der Waals surface area contributed by atoms with Crippen molar-refractivity contribution in [3.05, 3.63) is 47.5 Å². The number of hydrogen-bond donors (Lipinski definition) is 1. The lowest BCUT2D eigenvalue weighted by atomic mass is 10.1. The third-order valence-corrected chi connectivity index (χ3v) is 4.96. The molecular formula is C20H20N2O4. The fourth-order valence-electron chi connectivity index (χ4n) is 3.28. The van der Waals surface area contributed by atoms with Crippen LogP contribution in [0.25, 0.3) is 0 Å². The zero-order valence-corrected chi connectivity index (χ0v) is 14.7. The quantitative estimate of drug-likeness (QED) is 0.862. The second kappa shape index (κ2) is 6.37. The molecular weight excluding hydrogens is 332 g/mol. The lowest BCUT2D eigenvalue weighted by Gasteiger charge is -2.17. The molecule has 1 unspecified atom stereocenters. The van der Waals surface area contributed by atoms with E-state index >= 15 is 0 Å². The van der Waals surface area contributed by atoms with Gasteiger partial charge in [-0.15, -0.1) is 0 Å². The minimum atomic E-state index is -0.679. The van der Waals surface area contributed by atoms with Crippen molar-refractivity contribution < 1.29 is 19.1 Å². The molecule has 1 N–H and O–H groups in total. The summed E-state index contributed by atoms with van der Waals surface area (Å²) in [7, 11) is 0. The Bertz CT molecular complexity index is 893. The molecule has 6 heteroatoms. The van der Waals surface area contributed by atoms with Crippen molar-refractivity contribution in [2.75, 3.05) is 23.6 Å². The highest BCUT2D eigenvalue weighted by atomic mass is 16.7. The van der Waals surface area contributed by atoms with E-state index < -0.39 is 5.92 Å². The molecule has 0 spiro atoms. The second-order valence-electron chi connectivity index (χ2n) is 6.66. The Morgan fingerprint density at radius 2 is 1.88 bits per heavy atom. The normalized spacial score (nSPS) is 18.3. The van der Waals surface area contributed by atoms with Crippen LogP contribution < -0.4 is 19.7 Å². The summed E-state index contributed by atoms with van der Waals surface area (Å²) < 4.78 is 10.7. The largest absolute Gasteiger partial charge is 0.454 e. The van der Waals surface area contributed by atoms with E-state index in [9.17, 15) is 9.59 Å². The summed E-state index contributed by atoms with van der Waals surface area (Å²) in [5.74, 6) is 0.163. The van der Waals surface area contributed by atoms with E-state index in [0.717, 1.165) is 16.8 Å². The first kappa shape index (κ1) is 16.4. The summed E-state index contributed by atoms with van der Waals surface area (Å²) in [5, 5.41) is 2.86. The van der Waals surface area contributed by atoms with Crippen LogP contribution in [0.1, 0.15) is 17.5 Å². The molecule has 4 rings (SSSR count). The molecule has 1 atom stereocenters. The van der Waals surface area contributed by atoms with Gasteiger partial charge in [-0.25, -0.2) is 0 Å². The van der Waals surface area contributed by atoms with Gasteiger partial charge in [0.2, 0.25) is 18.6 Å². The first-order valence-corrected chi connectivity index (χ1v) is 8.62. The van der Waals surface area contributed by atoms with Gasteiger partial charge in [0.15, 0.2) is 11.5 Å². The average molecular weight is 352 g/mol. The number of aryl methyl sites for hydroxylation is 2. The molecule has 0 bridgehead atoms. The number of rotatable bonds is 3. The zero-order chi connectivity index (χ0) is 18.3. The van der Waals surface area contributed by atoms with Crippen LogP contribution in [-0.2, 0) is 9.59 Å². The van der Waals surface area contributed by atoms with Crippen molar-refractivity contribution >= 4 is 23.2 Å². The summed E-state index contributed by atoms with van der Waals surface area (Å²) >= 11 is 0. The van der Waals surface area contributed by atoms with Crippen LogP contribution in [0.4, 0.5) is 11.4 Å². The first-order valence-electron chi connectivity index (χ1n) is 8.62. The molecule has 2 aliphatic rings. The number of benzene rings is 2. The minimum absolute atomic E-state index is 0.188. The van der Waals surface area contributed by atoms with Gasteiger partial charge in [0.05, 0.1) is 0 Å². The molecule has 134 valence electrons. The Labute approximate surface area is 151 Å². The van der Waals surface area contributed by atoms with E-state index in [1.54, 1.807) is 17.0 Å². The summed E-state index contributed by atoms with van der Waals surface area (Å²) in [6, 6.07) is 11.1. The summed E-state index contributed by atoms with van der Waals surface area (Å²) in [4.78, 5) is 27.0. The number of ether oxygens (including phenoxy) is 2. The maximum Gasteiger partial charge on any atom is 0.239 e. The van der Waals surface area contributed by atoms with Crippen LogP contribution in [0.3, 0.4) is 0 Å². The van der Waals surface area contributed by atoms with Crippen molar-refractivity contribution in [3.63, 3.8) is 0 Å². The van der Waals surface area contributed by atoms with Gasteiger partial charge >= 0.3 is 0 Å². The molecule has 1 saturated heterocycles. The maximum atomic E-state index is 12.8. The second-order valence-corrected chi connectivity index (χ2v) is 6.66. The average Bonchev–Trinajstić information content (AvgIpc) is 3.23. The molecule has 0 aliphatic carbocycles. The van der Waals surface area contributed by atoms with E-state index in [2.05, 4.69) is 5.32 Å². The van der Waals surface area contributed by atoms with Crippen molar-refractivity contribution in [3.8, 4) is 11.5 Å². The Morgan fingerprint density at radius 3 is 2.69 bits per heavy atom. The molecule has 2 aliphatic heterocycles. The van der Waals surface area contributed by atoms with Crippen molar-refractivity contribution in [2.45, 2.75) is 20.3 Å². The minimum Gasteiger partial charge on any atom is -0.454 e. The number of amides is 2. The van der Waals surface area contributed by atoms with Gasteiger partial charge in [0, 0.05) is 24.0 Å². The highest BCUT2D eigenvalue weighted by molar-refractivity contribution is 6.13. The van der Waals surface area contributed by atoms with Gasteiger partial charge in [-0.1, -0.05) is 6.07 Å². The highest BCUT2D eigenvalue weighted by Crippen LogP contribution is 2.37. The first-order chi connectivity index (χ1) is 12.5. The van der Waals surface area contributed by atoms with Crippen LogP contribution in [0.15, 0.2) is 36.4 Å². The third-order valence-electron chi connectivity index (χ3n) is 4.96. The molecule has 0 radical (unpaired) electrons. The highest BCUT2D eigenvalue weighted by Gasteiger charge is 2.38. The summed E-state index contributed by atoms with van der Waals surface area (Å²) in [6.07, 6.45) is 0.490. The Kier molecular flexibility index (Phi) is 4.03. The van der Waals surface area contributed by atoms with Gasteiger partial charge < -0.3 is 19.7 Å². The molecule has 2 heterocycles. The van der Waals surface area contributed by atoms with E-state index in [1.807, 2.05) is 38.1 Å². The fourth-order valence-corrected chi connectivity index (χ4v) is 3.28. The van der Waals surface area contributed by atoms with Crippen LogP contribution in [-0.4, -0.2) is 25.2 Å². The van der Waals surface area contributed by atoms with Gasteiger partial charge in [0.25, 0.3) is 0 Å². The van der Waals surface area contributed by atoms with Gasteiger partial charge in [-0.3, -0.25) is 9.59 Å². The monoisotopic (exact) mass is 352 g/mol. The fraction of sp³-hybridized carbons (Fsp3) is 0.300. The number of nitrogens with zero attached hydrogens (tertiary/aromatic N) is 1. The molecule has 6 nitrogen and oxygen atoms in total. The predicted octanol–water partition coefficient (Wildman–Crippen LogP) is 3.02. The molecule has 1 fully saturated rings. The standard InChI is InChI=1S/C20H20N2O4/c1-12-3-4-14(9-13(12)2)21-19(23)16-7-8-22(20(16)24)15-5-6-17-18(10-15)26-11-25-17/h3-6,9-10,16H,7-8,11H2,1-2H3,(H,21,23).